The molecule has 0 heterocycles. The van der Waals surface area contributed by atoms with Gasteiger partial charge in [0.05, 0.1) is 6.42 Å². The highest BCUT2D eigenvalue weighted by atomic mass is 16.5. The van der Waals surface area contributed by atoms with E-state index in [4.69, 9.17) is 16.3 Å². The number of hydrogen-bond donors (Lipinski definition) is 3. The van der Waals surface area contributed by atoms with Crippen molar-refractivity contribution in [2.75, 3.05) is 6.61 Å². The SMILES string of the molecule is C#CCC(NC(=O)OCC1c2ccccc2-c2ccccc21)C(=O)NC(C)(C)CC(=O)O. The second kappa shape index (κ2) is 9.56. The van der Waals surface area contributed by atoms with E-state index in [-0.39, 0.29) is 25.4 Å². The Morgan fingerprint density at radius 1 is 1.09 bits per heavy atom. The quantitative estimate of drug-likeness (QED) is 0.553. The van der Waals surface area contributed by atoms with Crippen molar-refractivity contribution < 1.29 is 24.2 Å². The lowest BCUT2D eigenvalue weighted by molar-refractivity contribution is -0.138. The molecule has 166 valence electrons. The van der Waals surface area contributed by atoms with E-state index in [9.17, 15) is 14.4 Å². The highest BCUT2D eigenvalue weighted by molar-refractivity contribution is 5.87. The molecule has 0 fully saturated rings. The van der Waals surface area contributed by atoms with Gasteiger partial charge in [0.1, 0.15) is 12.6 Å². The highest BCUT2D eigenvalue weighted by Crippen LogP contribution is 2.44. The van der Waals surface area contributed by atoms with Gasteiger partial charge in [-0.1, -0.05) is 48.5 Å². The summed E-state index contributed by atoms with van der Waals surface area (Å²) >= 11 is 0. The minimum Gasteiger partial charge on any atom is -0.481 e. The fourth-order valence-electron chi connectivity index (χ4n) is 3.95. The van der Waals surface area contributed by atoms with Gasteiger partial charge in [-0.2, -0.15) is 0 Å². The minimum absolute atomic E-state index is 0.0564. The number of nitrogens with one attached hydrogen (secondary N) is 2. The van der Waals surface area contributed by atoms with Crippen LogP contribution in [0.2, 0.25) is 0 Å². The molecule has 1 unspecified atom stereocenters. The average molecular weight is 434 g/mol. The zero-order chi connectivity index (χ0) is 23.3. The molecule has 0 aromatic heterocycles. The maximum atomic E-state index is 12.6. The zero-order valence-corrected chi connectivity index (χ0v) is 18.1. The number of aliphatic carboxylic acids is 1. The highest BCUT2D eigenvalue weighted by Gasteiger charge is 2.31. The predicted octanol–water partition coefficient (Wildman–Crippen LogP) is 3.29. The molecule has 0 aliphatic heterocycles. The van der Waals surface area contributed by atoms with Crippen molar-refractivity contribution in [3.63, 3.8) is 0 Å². The van der Waals surface area contributed by atoms with Gasteiger partial charge >= 0.3 is 12.1 Å². The second-order valence-corrected chi connectivity index (χ2v) is 8.37. The number of benzene rings is 2. The van der Waals surface area contributed by atoms with Gasteiger partial charge in [-0.05, 0) is 36.1 Å². The molecular weight excluding hydrogens is 408 g/mol. The van der Waals surface area contributed by atoms with Crippen LogP contribution in [-0.4, -0.2) is 41.3 Å². The van der Waals surface area contributed by atoms with Gasteiger partial charge in [0.15, 0.2) is 0 Å². The van der Waals surface area contributed by atoms with Gasteiger partial charge in [0, 0.05) is 17.9 Å². The number of carboxylic acid groups (broad SMARTS) is 1. The first-order valence-corrected chi connectivity index (χ1v) is 10.3. The summed E-state index contributed by atoms with van der Waals surface area (Å²) in [6.07, 6.45) is 4.26. The van der Waals surface area contributed by atoms with Crippen LogP contribution in [0.5, 0.6) is 0 Å². The van der Waals surface area contributed by atoms with E-state index >= 15 is 0 Å². The first kappa shape index (κ1) is 22.9. The van der Waals surface area contributed by atoms with Crippen LogP contribution >= 0.6 is 0 Å². The van der Waals surface area contributed by atoms with Crippen LogP contribution < -0.4 is 10.6 Å². The Morgan fingerprint density at radius 2 is 1.66 bits per heavy atom. The summed E-state index contributed by atoms with van der Waals surface area (Å²) in [5.74, 6) is 0.633. The molecule has 0 radical (unpaired) electrons. The van der Waals surface area contributed by atoms with Crippen molar-refractivity contribution in [2.24, 2.45) is 0 Å². The fourth-order valence-corrected chi connectivity index (χ4v) is 3.95. The molecule has 0 saturated carbocycles. The van der Waals surface area contributed by atoms with Gasteiger partial charge in [-0.25, -0.2) is 4.79 Å². The number of fused-ring (bicyclic) bond motifs is 3. The molecule has 7 nitrogen and oxygen atoms in total. The molecular formula is C25H26N2O5. The molecule has 0 bridgehead atoms. The van der Waals surface area contributed by atoms with Crippen LogP contribution in [0.25, 0.3) is 11.1 Å². The van der Waals surface area contributed by atoms with Gasteiger partial charge in [0.25, 0.3) is 0 Å². The lowest BCUT2D eigenvalue weighted by Crippen LogP contribution is -2.53. The molecule has 2 amide bonds. The summed E-state index contributed by atoms with van der Waals surface area (Å²) in [5, 5.41) is 14.1. The van der Waals surface area contributed by atoms with Gasteiger partial charge < -0.3 is 20.5 Å². The van der Waals surface area contributed by atoms with E-state index in [2.05, 4.69) is 16.6 Å². The number of amides is 2. The zero-order valence-electron chi connectivity index (χ0n) is 18.1. The van der Waals surface area contributed by atoms with Crippen LogP contribution in [0.4, 0.5) is 4.79 Å². The summed E-state index contributed by atoms with van der Waals surface area (Å²) in [6.45, 7) is 3.27. The molecule has 1 aliphatic rings. The molecule has 3 N–H and O–H groups in total. The Labute approximate surface area is 187 Å². The average Bonchev–Trinajstić information content (AvgIpc) is 3.04. The Kier molecular flexibility index (Phi) is 6.84. The monoisotopic (exact) mass is 434 g/mol. The van der Waals surface area contributed by atoms with Crippen LogP contribution in [0.1, 0.15) is 43.7 Å². The first-order valence-electron chi connectivity index (χ1n) is 10.3. The maximum Gasteiger partial charge on any atom is 0.407 e. The smallest absolute Gasteiger partial charge is 0.407 e. The van der Waals surface area contributed by atoms with E-state index in [0.717, 1.165) is 22.3 Å². The van der Waals surface area contributed by atoms with Crippen LogP contribution in [0.15, 0.2) is 48.5 Å². The van der Waals surface area contributed by atoms with Crippen LogP contribution in [-0.2, 0) is 14.3 Å². The number of terminal acetylenes is 1. The summed E-state index contributed by atoms with van der Waals surface area (Å²) < 4.78 is 5.47. The van der Waals surface area contributed by atoms with E-state index < -0.39 is 29.6 Å². The number of carbonyl (C=O) groups is 3. The van der Waals surface area contributed by atoms with E-state index in [1.54, 1.807) is 13.8 Å². The third-order valence-corrected chi connectivity index (χ3v) is 5.33. The Morgan fingerprint density at radius 3 is 2.19 bits per heavy atom. The molecule has 3 rings (SSSR count). The largest absolute Gasteiger partial charge is 0.481 e. The van der Waals surface area contributed by atoms with Gasteiger partial charge in [0.2, 0.25) is 5.91 Å². The molecule has 32 heavy (non-hydrogen) atoms. The summed E-state index contributed by atoms with van der Waals surface area (Å²) in [7, 11) is 0. The number of rotatable bonds is 8. The third kappa shape index (κ3) is 5.27. The second-order valence-electron chi connectivity index (χ2n) is 8.37. The number of carbonyl (C=O) groups excluding carboxylic acids is 2. The molecule has 1 aliphatic carbocycles. The van der Waals surface area contributed by atoms with Crippen LogP contribution in [0.3, 0.4) is 0 Å². The van der Waals surface area contributed by atoms with Crippen molar-refractivity contribution >= 4 is 18.0 Å². The normalized spacial score (nSPS) is 13.3. The van der Waals surface area contributed by atoms with Crippen LogP contribution in [0, 0.1) is 12.3 Å². The van der Waals surface area contributed by atoms with Crippen molar-refractivity contribution in [1.82, 2.24) is 10.6 Å². The Bertz CT molecular complexity index is 1020. The Hall–Kier alpha value is -3.79. The molecule has 2 aromatic rings. The Balaban J connectivity index is 1.65. The number of alkyl carbamates (subject to hydrolysis) is 1. The lowest BCUT2D eigenvalue weighted by Gasteiger charge is -2.27. The van der Waals surface area contributed by atoms with Gasteiger partial charge in [-0.15, -0.1) is 12.3 Å². The third-order valence-electron chi connectivity index (χ3n) is 5.33. The molecule has 7 heteroatoms. The molecule has 1 atom stereocenters. The summed E-state index contributed by atoms with van der Waals surface area (Å²) in [4.78, 5) is 36.0. The van der Waals surface area contributed by atoms with Crippen molar-refractivity contribution in [3.8, 4) is 23.5 Å². The fraction of sp³-hybridized carbons (Fsp3) is 0.320. The number of carboxylic acids is 1. The maximum absolute atomic E-state index is 12.6. The van der Waals surface area contributed by atoms with E-state index in [0.29, 0.717) is 0 Å². The first-order chi connectivity index (χ1) is 15.2. The summed E-state index contributed by atoms with van der Waals surface area (Å²) in [6, 6.07) is 14.9. The predicted molar refractivity (Wildman–Crippen MR) is 120 cm³/mol. The number of hydrogen-bond acceptors (Lipinski definition) is 4. The summed E-state index contributed by atoms with van der Waals surface area (Å²) in [5.41, 5.74) is 3.38. The van der Waals surface area contributed by atoms with Gasteiger partial charge in [-0.3, -0.25) is 9.59 Å². The number of ether oxygens (including phenoxy) is 1. The molecule has 0 saturated heterocycles. The lowest BCUT2D eigenvalue weighted by atomic mass is 9.98. The van der Waals surface area contributed by atoms with Crippen molar-refractivity contribution in [3.05, 3.63) is 59.7 Å². The topological polar surface area (TPSA) is 105 Å². The molecule has 2 aromatic carbocycles. The van der Waals surface area contributed by atoms with E-state index in [1.807, 2.05) is 48.5 Å². The van der Waals surface area contributed by atoms with Crippen molar-refractivity contribution in [2.45, 2.75) is 44.2 Å². The minimum atomic E-state index is -1.05. The molecule has 0 spiro atoms. The standard InChI is InChI=1S/C25H26N2O5/c1-4-9-21(23(30)27-25(2,3)14-22(28)29)26-24(31)32-15-20-18-12-7-5-10-16(18)17-11-6-8-13-19(17)20/h1,5-8,10-13,20-21H,9,14-15H2,2-3H3,(H,26,31)(H,27,30)(H,28,29). The van der Waals surface area contributed by atoms with Crippen molar-refractivity contribution in [1.29, 1.82) is 0 Å². The van der Waals surface area contributed by atoms with E-state index in [1.165, 1.54) is 0 Å².